The number of nitrogens with zero attached hydrogens (tertiary/aromatic N) is 6. The van der Waals surface area contributed by atoms with Crippen LogP contribution >= 0.6 is 0 Å². The summed E-state index contributed by atoms with van der Waals surface area (Å²) in [7, 11) is 0. The molecule has 250 valence electrons. The fourth-order valence-corrected chi connectivity index (χ4v) is 6.30. The molecule has 3 aliphatic rings. The van der Waals surface area contributed by atoms with Gasteiger partial charge in [0.2, 0.25) is 0 Å². The zero-order chi connectivity index (χ0) is 36.0. The van der Waals surface area contributed by atoms with Crippen molar-refractivity contribution in [1.29, 1.82) is 0 Å². The number of aromatic carboxylic acids is 4. The Balaban J connectivity index is 0.00000150. The first kappa shape index (κ1) is 43.2. The summed E-state index contributed by atoms with van der Waals surface area (Å²) in [5, 5.41) is 48.2. The van der Waals surface area contributed by atoms with Gasteiger partial charge in [-0.1, -0.05) is 24.3 Å². The van der Waals surface area contributed by atoms with Gasteiger partial charge in [-0.3, -0.25) is 0 Å². The molecule has 20 heteroatoms. The van der Waals surface area contributed by atoms with Crippen LogP contribution in [0.25, 0.3) is 90.4 Å². The van der Waals surface area contributed by atoms with Crippen LogP contribution in [0.5, 0.6) is 0 Å². The summed E-state index contributed by atoms with van der Waals surface area (Å²) in [6, 6.07) is 16.6. The maximum Gasteiger partial charge on any atom is 1.00 e. The number of H-pyrrole nitrogens is 2. The second-order valence-electron chi connectivity index (χ2n) is 11.8. The van der Waals surface area contributed by atoms with E-state index in [0.717, 1.165) is 0 Å². The number of carboxylic acid groups (broad SMARTS) is 4. The average molecular weight is 779 g/mol. The van der Waals surface area contributed by atoms with Gasteiger partial charge in [0.1, 0.15) is 17.1 Å². The van der Waals surface area contributed by atoms with Gasteiger partial charge in [0.05, 0.1) is 23.9 Å². The van der Waals surface area contributed by atoms with Crippen LogP contribution in [0.4, 0.5) is 0 Å². The molecule has 16 nitrogen and oxygen atoms in total. The van der Waals surface area contributed by atoms with Crippen LogP contribution in [0.3, 0.4) is 0 Å². The van der Waals surface area contributed by atoms with E-state index in [2.05, 4.69) is 34.9 Å². The minimum Gasteiger partial charge on any atom is -0.545 e. The van der Waals surface area contributed by atoms with Crippen molar-refractivity contribution in [3.63, 3.8) is 0 Å². The van der Waals surface area contributed by atoms with Gasteiger partial charge >= 0.3 is 118 Å². The molecule has 56 heavy (non-hydrogen) atoms. The molecule has 0 fully saturated rings. The molecule has 2 N–H and O–H groups in total. The fraction of sp³-hybridized carbons (Fsp3) is 0. The number of carbonyl (C=O) groups is 4. The number of carbonyl (C=O) groups excluding carboxylic acids is 4. The van der Waals surface area contributed by atoms with Crippen molar-refractivity contribution < 1.29 is 158 Å². The third-order valence-corrected chi connectivity index (χ3v) is 8.77. The van der Waals surface area contributed by atoms with Gasteiger partial charge in [-0.2, -0.15) is 0 Å². The Labute approximate surface area is 402 Å². The third kappa shape index (κ3) is 7.37. The molecule has 3 aliphatic heterocycles. The van der Waals surface area contributed by atoms with E-state index in [4.69, 9.17) is 4.98 Å². The summed E-state index contributed by atoms with van der Waals surface area (Å²) >= 11 is 0. The predicted octanol–water partition coefficient (Wildman–Crippen LogP) is -11.8. The molecule has 0 atom stereocenters. The van der Waals surface area contributed by atoms with Crippen molar-refractivity contribution in [2.75, 3.05) is 0 Å². The topological polar surface area (TPSA) is 269 Å². The Kier molecular flexibility index (Phi) is 12.8. The Morgan fingerprint density at radius 3 is 1.25 bits per heavy atom. The standard InChI is InChI=1S/C36H18N8O8.4Na/c45-33(46)13-1-5-17-21(9-13)29-37-25(17)41-30-22-10-14(34(47)48)2-6-18(22)27(38-30)43-32-24-12-16(36(51)52)4-8-20(24)28(40-32)44-31-23-11-15(35(49)50)3-7-19(23)26(39-31)42-29;;;;/h1-12H,(H,45,46)(H,47,48)(H,49,50)(H,51,52)(H2,37,38,39,40,41,42,43,44);;;;/q;4*+1/p-4. The number of aromatic amines is 2. The SMILES string of the molecule is O=C([O-])c1ccc2c(c1)-c1nc3nc(nc4[nH]c([nH]c5nc(nc-2n1)-c1cc(C(=O)[O-])ccc1-5)c1cc(C(=O)[O-])ccc41)-c1cc(C(=O)[O-])ccc1-3.[Na+].[Na+].[Na+].[Na+]. The third-order valence-electron chi connectivity index (χ3n) is 8.77. The normalized spacial score (nSPS) is 10.9. The summed E-state index contributed by atoms with van der Waals surface area (Å²) in [6.07, 6.45) is 0. The van der Waals surface area contributed by atoms with Crippen molar-refractivity contribution in [2.45, 2.75) is 0 Å². The molecule has 6 aromatic rings. The van der Waals surface area contributed by atoms with E-state index in [9.17, 15) is 39.6 Å². The molecule has 5 heterocycles. The van der Waals surface area contributed by atoms with Crippen molar-refractivity contribution in [2.24, 2.45) is 0 Å². The zero-order valence-corrected chi connectivity index (χ0v) is 37.9. The van der Waals surface area contributed by atoms with Crippen LogP contribution in [0.2, 0.25) is 0 Å². The van der Waals surface area contributed by atoms with Gasteiger partial charge in [0, 0.05) is 44.2 Å². The second-order valence-corrected chi connectivity index (χ2v) is 11.8. The van der Waals surface area contributed by atoms with Crippen LogP contribution in [-0.2, 0) is 0 Å². The Morgan fingerprint density at radius 1 is 0.393 bits per heavy atom. The van der Waals surface area contributed by atoms with Crippen molar-refractivity contribution in [3.8, 4) is 68.3 Å². The Bertz CT molecular complexity index is 2920. The molecule has 0 unspecified atom stereocenters. The summed E-state index contributed by atoms with van der Waals surface area (Å²) in [4.78, 5) is 81.7. The summed E-state index contributed by atoms with van der Waals surface area (Å²) < 4.78 is 0. The smallest absolute Gasteiger partial charge is 0.545 e. The van der Waals surface area contributed by atoms with Gasteiger partial charge in [-0.15, -0.1) is 0 Å². The largest absolute Gasteiger partial charge is 1.00 e. The first-order chi connectivity index (χ1) is 25.0. The Hall–Kier alpha value is -3.88. The summed E-state index contributed by atoms with van der Waals surface area (Å²) in [6.45, 7) is 0. The molecular formula is C36H14N8Na4O8. The number of nitrogens with one attached hydrogen (secondary N) is 2. The van der Waals surface area contributed by atoms with Crippen molar-refractivity contribution >= 4 is 45.9 Å². The van der Waals surface area contributed by atoms with Gasteiger partial charge in [-0.25, -0.2) is 29.9 Å². The maximum atomic E-state index is 11.9. The molecule has 2 aromatic heterocycles. The number of carboxylic acids is 4. The Morgan fingerprint density at radius 2 is 0.768 bits per heavy atom. The molecule has 8 bridgehead atoms. The number of fused-ring (bicyclic) bond motifs is 20. The van der Waals surface area contributed by atoms with Crippen LogP contribution in [0.15, 0.2) is 72.8 Å². The van der Waals surface area contributed by atoms with Crippen molar-refractivity contribution in [3.05, 3.63) is 95.1 Å². The van der Waals surface area contributed by atoms with Crippen LogP contribution < -0.4 is 139 Å². The molecule has 0 saturated carbocycles. The summed E-state index contributed by atoms with van der Waals surface area (Å²) in [5.74, 6) is -5.37. The molecule has 0 radical (unpaired) electrons. The predicted molar refractivity (Wildman–Crippen MR) is 172 cm³/mol. The first-order valence-corrected chi connectivity index (χ1v) is 15.3. The molecular weight excluding hydrogens is 764 g/mol. The van der Waals surface area contributed by atoms with Crippen LogP contribution in [-0.4, -0.2) is 63.7 Å². The van der Waals surface area contributed by atoms with E-state index in [0.29, 0.717) is 33.0 Å². The molecule has 0 amide bonds. The zero-order valence-electron chi connectivity index (χ0n) is 29.9. The van der Waals surface area contributed by atoms with E-state index in [1.54, 1.807) is 0 Å². The minimum absolute atomic E-state index is 0. The second kappa shape index (κ2) is 16.5. The van der Waals surface area contributed by atoms with Crippen molar-refractivity contribution in [1.82, 2.24) is 39.9 Å². The van der Waals surface area contributed by atoms with Crippen LogP contribution in [0.1, 0.15) is 41.4 Å². The number of benzene rings is 4. The first-order valence-electron chi connectivity index (χ1n) is 15.3. The van der Waals surface area contributed by atoms with Gasteiger partial charge in [0.15, 0.2) is 29.1 Å². The molecule has 0 saturated heterocycles. The summed E-state index contributed by atoms with van der Waals surface area (Å²) in [5.41, 5.74) is 1.82. The number of rotatable bonds is 4. The number of hydrogen-bond donors (Lipinski definition) is 2. The molecule has 0 aliphatic carbocycles. The van der Waals surface area contributed by atoms with Crippen LogP contribution in [0, 0.1) is 0 Å². The monoisotopic (exact) mass is 778 g/mol. The number of hydrogen-bond acceptors (Lipinski definition) is 14. The van der Waals surface area contributed by atoms with E-state index in [-0.39, 0.29) is 198 Å². The molecule has 9 rings (SSSR count). The number of aromatic nitrogens is 8. The fourth-order valence-electron chi connectivity index (χ4n) is 6.30. The average Bonchev–Trinajstić information content (AvgIpc) is 3.85. The van der Waals surface area contributed by atoms with E-state index in [1.807, 2.05) is 0 Å². The van der Waals surface area contributed by atoms with Gasteiger partial charge < -0.3 is 49.6 Å². The van der Waals surface area contributed by atoms with E-state index >= 15 is 0 Å². The maximum absolute atomic E-state index is 11.9. The molecule has 4 aromatic carbocycles. The van der Waals surface area contributed by atoms with E-state index < -0.39 is 23.9 Å². The van der Waals surface area contributed by atoms with Gasteiger partial charge in [0.25, 0.3) is 0 Å². The molecule has 0 spiro atoms. The minimum atomic E-state index is -1.45. The quantitative estimate of drug-likeness (QED) is 0.157. The van der Waals surface area contributed by atoms with E-state index in [1.165, 1.54) is 72.8 Å². The van der Waals surface area contributed by atoms with Gasteiger partial charge in [-0.05, 0) is 70.8 Å².